The molecule has 1 aliphatic heterocycles. The topological polar surface area (TPSA) is 38.7 Å². The molecule has 1 fully saturated rings. The highest BCUT2D eigenvalue weighted by Gasteiger charge is 2.44. The van der Waals surface area contributed by atoms with Gasteiger partial charge in [0.1, 0.15) is 11.4 Å². The summed E-state index contributed by atoms with van der Waals surface area (Å²) in [7, 11) is 0. The number of phenols is 1. The van der Waals surface area contributed by atoms with Crippen molar-refractivity contribution in [2.75, 3.05) is 6.61 Å². The first-order valence-electron chi connectivity index (χ1n) is 5.47. The third-order valence-electron chi connectivity index (χ3n) is 2.89. The van der Waals surface area contributed by atoms with Gasteiger partial charge >= 0.3 is 0 Å². The van der Waals surface area contributed by atoms with E-state index in [1.54, 1.807) is 6.07 Å². The molecule has 0 aliphatic carbocycles. The van der Waals surface area contributed by atoms with Crippen LogP contribution in [0.1, 0.15) is 31.9 Å². The monoisotopic (exact) mass is 222 g/mol. The van der Waals surface area contributed by atoms with Gasteiger partial charge in [0, 0.05) is 5.56 Å². The fourth-order valence-corrected chi connectivity index (χ4v) is 2.13. The molecule has 16 heavy (non-hydrogen) atoms. The van der Waals surface area contributed by atoms with Crippen LogP contribution in [0, 0.1) is 6.92 Å². The number of ether oxygens (including phenoxy) is 2. The highest BCUT2D eigenvalue weighted by molar-refractivity contribution is 5.40. The van der Waals surface area contributed by atoms with E-state index in [1.807, 2.05) is 39.8 Å². The van der Waals surface area contributed by atoms with Gasteiger partial charge in [-0.2, -0.15) is 0 Å². The molecule has 1 aromatic rings. The normalized spacial score (nSPS) is 28.2. The lowest BCUT2D eigenvalue weighted by molar-refractivity contribution is -0.159. The molecule has 0 aromatic heterocycles. The van der Waals surface area contributed by atoms with Crippen LogP contribution < -0.4 is 0 Å². The Bertz CT molecular complexity index is 412. The second kappa shape index (κ2) is 3.47. The summed E-state index contributed by atoms with van der Waals surface area (Å²) in [6, 6.07) is 5.61. The molecule has 1 unspecified atom stereocenters. The highest BCUT2D eigenvalue weighted by atomic mass is 16.8. The Balaban J connectivity index is 2.38. The molecular formula is C13H18O3. The van der Waals surface area contributed by atoms with Crippen LogP contribution in [0.25, 0.3) is 0 Å². The predicted molar refractivity (Wildman–Crippen MR) is 61.3 cm³/mol. The maximum absolute atomic E-state index is 9.95. The van der Waals surface area contributed by atoms with Crippen LogP contribution in [0.4, 0.5) is 0 Å². The van der Waals surface area contributed by atoms with Gasteiger partial charge < -0.3 is 14.6 Å². The maximum atomic E-state index is 9.95. The van der Waals surface area contributed by atoms with Crippen LogP contribution in [0.5, 0.6) is 5.75 Å². The van der Waals surface area contributed by atoms with E-state index in [2.05, 4.69) is 0 Å². The molecular weight excluding hydrogens is 204 g/mol. The van der Waals surface area contributed by atoms with Gasteiger partial charge in [-0.15, -0.1) is 0 Å². The predicted octanol–water partition coefficient (Wildman–Crippen LogP) is 2.70. The molecule has 0 radical (unpaired) electrons. The van der Waals surface area contributed by atoms with E-state index in [1.165, 1.54) is 0 Å². The minimum Gasteiger partial charge on any atom is -0.508 e. The van der Waals surface area contributed by atoms with Crippen molar-refractivity contribution < 1.29 is 14.6 Å². The largest absolute Gasteiger partial charge is 0.508 e. The maximum Gasteiger partial charge on any atom is 0.164 e. The Morgan fingerprint density at radius 1 is 1.25 bits per heavy atom. The summed E-state index contributed by atoms with van der Waals surface area (Å²) < 4.78 is 11.4. The van der Waals surface area contributed by atoms with Crippen molar-refractivity contribution in [1.29, 1.82) is 0 Å². The van der Waals surface area contributed by atoms with Crippen molar-refractivity contribution in [1.82, 2.24) is 0 Å². The van der Waals surface area contributed by atoms with Gasteiger partial charge in [0.2, 0.25) is 0 Å². The number of aromatic hydroxyl groups is 1. The summed E-state index contributed by atoms with van der Waals surface area (Å²) in [4.78, 5) is 0. The standard InChI is InChI=1S/C13H18O3/c1-9-5-6-10(11(14)7-9)13(4)8-15-12(2,3)16-13/h5-7,14H,8H2,1-4H3. The molecule has 0 amide bonds. The average molecular weight is 222 g/mol. The Morgan fingerprint density at radius 3 is 2.44 bits per heavy atom. The summed E-state index contributed by atoms with van der Waals surface area (Å²) in [5.41, 5.74) is 1.24. The van der Waals surface area contributed by atoms with E-state index in [9.17, 15) is 5.11 Å². The SMILES string of the molecule is Cc1ccc(C2(C)COC(C)(C)O2)c(O)c1. The van der Waals surface area contributed by atoms with Crippen molar-refractivity contribution in [2.24, 2.45) is 0 Å². The summed E-state index contributed by atoms with van der Waals surface area (Å²) in [6.45, 7) is 8.09. The van der Waals surface area contributed by atoms with Crippen molar-refractivity contribution in [3.63, 3.8) is 0 Å². The zero-order valence-electron chi connectivity index (χ0n) is 10.2. The fraction of sp³-hybridized carbons (Fsp3) is 0.538. The number of phenolic OH excluding ortho intramolecular Hbond substituents is 1. The lowest BCUT2D eigenvalue weighted by Gasteiger charge is -2.26. The lowest BCUT2D eigenvalue weighted by Crippen LogP contribution is -2.28. The molecule has 1 saturated heterocycles. The van der Waals surface area contributed by atoms with E-state index in [0.717, 1.165) is 11.1 Å². The zero-order chi connectivity index (χ0) is 12.0. The highest BCUT2D eigenvalue weighted by Crippen LogP contribution is 2.41. The molecule has 0 bridgehead atoms. The Labute approximate surface area is 96.0 Å². The Hall–Kier alpha value is -1.06. The molecule has 3 nitrogen and oxygen atoms in total. The van der Waals surface area contributed by atoms with Crippen molar-refractivity contribution >= 4 is 0 Å². The molecule has 1 N–H and O–H groups in total. The van der Waals surface area contributed by atoms with Crippen LogP contribution in [0.2, 0.25) is 0 Å². The van der Waals surface area contributed by atoms with Crippen molar-refractivity contribution in [3.8, 4) is 5.75 Å². The minimum atomic E-state index is -0.591. The van der Waals surface area contributed by atoms with Gasteiger partial charge in [0.15, 0.2) is 5.79 Å². The summed E-state index contributed by atoms with van der Waals surface area (Å²) in [5, 5.41) is 9.95. The first kappa shape index (κ1) is 11.4. The third kappa shape index (κ3) is 1.93. The Kier molecular flexibility index (Phi) is 2.48. The summed E-state index contributed by atoms with van der Waals surface area (Å²) in [6.07, 6.45) is 0. The van der Waals surface area contributed by atoms with Crippen LogP contribution in [-0.4, -0.2) is 17.5 Å². The second-order valence-electron chi connectivity index (χ2n) is 5.04. The molecule has 1 atom stereocenters. The smallest absolute Gasteiger partial charge is 0.164 e. The number of rotatable bonds is 1. The van der Waals surface area contributed by atoms with Gasteiger partial charge in [-0.05, 0) is 39.3 Å². The van der Waals surface area contributed by atoms with Gasteiger partial charge in [-0.1, -0.05) is 12.1 Å². The molecule has 1 aliphatic rings. The molecule has 0 saturated carbocycles. The van der Waals surface area contributed by atoms with E-state index >= 15 is 0 Å². The molecule has 1 heterocycles. The van der Waals surface area contributed by atoms with E-state index in [0.29, 0.717) is 6.61 Å². The van der Waals surface area contributed by atoms with Crippen molar-refractivity contribution in [2.45, 2.75) is 39.1 Å². The third-order valence-corrected chi connectivity index (χ3v) is 2.89. The number of aryl methyl sites for hydroxylation is 1. The quantitative estimate of drug-likeness (QED) is 0.794. The second-order valence-corrected chi connectivity index (χ2v) is 5.04. The van der Waals surface area contributed by atoms with E-state index in [-0.39, 0.29) is 5.75 Å². The Morgan fingerprint density at radius 2 is 1.94 bits per heavy atom. The fourth-order valence-electron chi connectivity index (χ4n) is 2.13. The van der Waals surface area contributed by atoms with E-state index in [4.69, 9.17) is 9.47 Å². The lowest BCUT2D eigenvalue weighted by atomic mass is 9.95. The van der Waals surface area contributed by atoms with Crippen LogP contribution in [0.15, 0.2) is 18.2 Å². The molecule has 1 aromatic carbocycles. The molecule has 88 valence electrons. The van der Waals surface area contributed by atoms with Gasteiger partial charge in [-0.3, -0.25) is 0 Å². The van der Waals surface area contributed by atoms with Gasteiger partial charge in [-0.25, -0.2) is 0 Å². The van der Waals surface area contributed by atoms with Gasteiger partial charge in [0.05, 0.1) is 6.61 Å². The summed E-state index contributed by atoms with van der Waals surface area (Å²) in [5.74, 6) is -0.324. The zero-order valence-corrected chi connectivity index (χ0v) is 10.2. The molecule has 2 rings (SSSR count). The molecule has 3 heteroatoms. The number of benzene rings is 1. The van der Waals surface area contributed by atoms with Crippen LogP contribution in [-0.2, 0) is 15.1 Å². The summed E-state index contributed by atoms with van der Waals surface area (Å²) >= 11 is 0. The van der Waals surface area contributed by atoms with Gasteiger partial charge in [0.25, 0.3) is 0 Å². The number of hydrogen-bond acceptors (Lipinski definition) is 3. The van der Waals surface area contributed by atoms with Crippen LogP contribution in [0.3, 0.4) is 0 Å². The molecule has 0 spiro atoms. The minimum absolute atomic E-state index is 0.267. The van der Waals surface area contributed by atoms with Crippen LogP contribution >= 0.6 is 0 Å². The first-order valence-corrected chi connectivity index (χ1v) is 5.47. The average Bonchev–Trinajstić information content (AvgIpc) is 2.41. The first-order chi connectivity index (χ1) is 7.32. The van der Waals surface area contributed by atoms with E-state index < -0.39 is 11.4 Å². The van der Waals surface area contributed by atoms with Crippen molar-refractivity contribution in [3.05, 3.63) is 29.3 Å². The number of hydrogen-bond donors (Lipinski definition) is 1.